The molecule has 4 nitrogen and oxygen atoms in total. The number of likely N-dealkylation sites (N-methyl/N-ethyl adjacent to an activating group) is 1. The Labute approximate surface area is 104 Å². The molecule has 1 saturated heterocycles. The fourth-order valence-electron chi connectivity index (χ4n) is 2.32. The van der Waals surface area contributed by atoms with E-state index in [2.05, 4.69) is 4.90 Å². The fourth-order valence-corrected chi connectivity index (χ4v) is 2.32. The predicted octanol–water partition coefficient (Wildman–Crippen LogP) is 1.30. The lowest BCUT2D eigenvalue weighted by Crippen LogP contribution is -2.43. The van der Waals surface area contributed by atoms with Crippen molar-refractivity contribution < 1.29 is 9.59 Å². The molecule has 98 valence electrons. The van der Waals surface area contributed by atoms with Crippen molar-refractivity contribution >= 4 is 11.7 Å². The van der Waals surface area contributed by atoms with Crippen LogP contribution in [0.1, 0.15) is 39.0 Å². The highest BCUT2D eigenvalue weighted by atomic mass is 16.2. The molecule has 1 fully saturated rings. The van der Waals surface area contributed by atoms with Gasteiger partial charge < -0.3 is 4.90 Å². The minimum atomic E-state index is 0.125. The number of amides is 1. The third-order valence-corrected chi connectivity index (χ3v) is 3.36. The van der Waals surface area contributed by atoms with E-state index in [1.54, 1.807) is 25.9 Å². The van der Waals surface area contributed by atoms with E-state index in [0.29, 0.717) is 13.0 Å². The topological polar surface area (TPSA) is 40.6 Å². The van der Waals surface area contributed by atoms with Crippen molar-refractivity contribution in [3.63, 3.8) is 0 Å². The molecule has 1 rings (SSSR count). The Kier molecular flexibility index (Phi) is 5.62. The molecule has 17 heavy (non-hydrogen) atoms. The van der Waals surface area contributed by atoms with Gasteiger partial charge in [0.15, 0.2) is 0 Å². The third kappa shape index (κ3) is 4.86. The Bertz CT molecular complexity index is 277. The highest BCUT2D eigenvalue weighted by Gasteiger charge is 2.24. The SMILES string of the molecule is CC(=O)CC1CCCCCN1CC(=O)N(C)C. The van der Waals surface area contributed by atoms with Crippen LogP contribution in [0.2, 0.25) is 0 Å². The number of nitrogens with zero attached hydrogens (tertiary/aromatic N) is 2. The number of rotatable bonds is 4. The molecule has 0 radical (unpaired) electrons. The number of Topliss-reactive ketones (excluding diaryl/α,β-unsaturated/α-hetero) is 1. The minimum Gasteiger partial charge on any atom is -0.348 e. The van der Waals surface area contributed by atoms with Crippen molar-refractivity contribution in [3.8, 4) is 0 Å². The van der Waals surface area contributed by atoms with Crippen LogP contribution in [0, 0.1) is 0 Å². The van der Waals surface area contributed by atoms with Gasteiger partial charge in [-0.05, 0) is 26.3 Å². The maximum Gasteiger partial charge on any atom is 0.236 e. The smallest absolute Gasteiger partial charge is 0.236 e. The molecule has 0 bridgehead atoms. The summed E-state index contributed by atoms with van der Waals surface area (Å²) < 4.78 is 0. The lowest BCUT2D eigenvalue weighted by Gasteiger charge is -2.29. The Morgan fingerprint density at radius 2 is 1.94 bits per heavy atom. The summed E-state index contributed by atoms with van der Waals surface area (Å²) in [7, 11) is 3.56. The van der Waals surface area contributed by atoms with Crippen molar-refractivity contribution in [2.45, 2.75) is 45.1 Å². The zero-order chi connectivity index (χ0) is 12.8. The summed E-state index contributed by atoms with van der Waals surface area (Å²) in [6, 6.07) is 0.263. The van der Waals surface area contributed by atoms with E-state index < -0.39 is 0 Å². The maximum atomic E-state index is 11.8. The molecular formula is C13H24N2O2. The molecule has 1 amide bonds. The number of carbonyl (C=O) groups is 2. The van der Waals surface area contributed by atoms with E-state index in [9.17, 15) is 9.59 Å². The molecule has 4 heteroatoms. The highest BCUT2D eigenvalue weighted by molar-refractivity contribution is 5.78. The monoisotopic (exact) mass is 240 g/mol. The second-order valence-electron chi connectivity index (χ2n) is 5.17. The van der Waals surface area contributed by atoms with Crippen LogP contribution in [0.5, 0.6) is 0 Å². The Morgan fingerprint density at radius 1 is 1.24 bits per heavy atom. The van der Waals surface area contributed by atoms with Gasteiger partial charge in [0.1, 0.15) is 5.78 Å². The molecule has 0 N–H and O–H groups in total. The van der Waals surface area contributed by atoms with Crippen LogP contribution in [-0.4, -0.2) is 54.7 Å². The largest absolute Gasteiger partial charge is 0.348 e. The zero-order valence-corrected chi connectivity index (χ0v) is 11.2. The standard InChI is InChI=1S/C13H24N2O2/c1-11(16)9-12-7-5-4-6-8-15(12)10-13(17)14(2)3/h12H,4-10H2,1-3H3. The summed E-state index contributed by atoms with van der Waals surface area (Å²) in [6.45, 7) is 3.03. The third-order valence-electron chi connectivity index (χ3n) is 3.36. The van der Waals surface area contributed by atoms with E-state index in [0.717, 1.165) is 19.4 Å². The molecule has 1 unspecified atom stereocenters. The van der Waals surface area contributed by atoms with Crippen molar-refractivity contribution in [2.75, 3.05) is 27.2 Å². The van der Waals surface area contributed by atoms with Gasteiger partial charge >= 0.3 is 0 Å². The average Bonchev–Trinajstić information content (AvgIpc) is 2.43. The Balaban J connectivity index is 2.61. The number of carbonyl (C=O) groups excluding carboxylic acids is 2. The number of hydrogen-bond donors (Lipinski definition) is 0. The second-order valence-corrected chi connectivity index (χ2v) is 5.17. The summed E-state index contributed by atoms with van der Waals surface area (Å²) in [5.41, 5.74) is 0. The Hall–Kier alpha value is -0.900. The lowest BCUT2D eigenvalue weighted by atomic mass is 10.0. The normalized spacial score (nSPS) is 21.9. The van der Waals surface area contributed by atoms with Crippen LogP contribution in [-0.2, 0) is 9.59 Å². The van der Waals surface area contributed by atoms with Crippen molar-refractivity contribution in [3.05, 3.63) is 0 Å². The van der Waals surface area contributed by atoms with Crippen molar-refractivity contribution in [1.82, 2.24) is 9.80 Å². The fraction of sp³-hybridized carbons (Fsp3) is 0.846. The first kappa shape index (κ1) is 14.2. The Morgan fingerprint density at radius 3 is 2.53 bits per heavy atom. The maximum absolute atomic E-state index is 11.8. The molecule has 0 spiro atoms. The van der Waals surface area contributed by atoms with E-state index in [1.807, 2.05) is 0 Å². The van der Waals surface area contributed by atoms with Gasteiger partial charge in [0.25, 0.3) is 0 Å². The van der Waals surface area contributed by atoms with Gasteiger partial charge in [0.2, 0.25) is 5.91 Å². The molecule has 0 aromatic carbocycles. The first-order valence-electron chi connectivity index (χ1n) is 6.44. The lowest BCUT2D eigenvalue weighted by molar-refractivity contribution is -0.131. The van der Waals surface area contributed by atoms with Crippen LogP contribution in [0.3, 0.4) is 0 Å². The summed E-state index contributed by atoms with van der Waals surface area (Å²) in [4.78, 5) is 26.8. The molecular weight excluding hydrogens is 216 g/mol. The van der Waals surface area contributed by atoms with E-state index >= 15 is 0 Å². The predicted molar refractivity (Wildman–Crippen MR) is 67.8 cm³/mol. The van der Waals surface area contributed by atoms with Crippen LogP contribution in [0.25, 0.3) is 0 Å². The second kappa shape index (κ2) is 6.74. The molecule has 1 aliphatic rings. The average molecular weight is 240 g/mol. The molecule has 0 aliphatic carbocycles. The first-order chi connectivity index (χ1) is 8.00. The molecule has 0 saturated carbocycles. The zero-order valence-electron chi connectivity index (χ0n) is 11.2. The quantitative estimate of drug-likeness (QED) is 0.743. The van der Waals surface area contributed by atoms with Gasteiger partial charge in [-0.1, -0.05) is 12.8 Å². The number of hydrogen-bond acceptors (Lipinski definition) is 3. The van der Waals surface area contributed by atoms with Gasteiger partial charge in [-0.2, -0.15) is 0 Å². The van der Waals surface area contributed by atoms with Gasteiger partial charge in [-0.3, -0.25) is 14.5 Å². The van der Waals surface area contributed by atoms with E-state index in [1.165, 1.54) is 12.8 Å². The molecule has 1 heterocycles. The summed E-state index contributed by atoms with van der Waals surface area (Å²) in [5, 5.41) is 0. The van der Waals surface area contributed by atoms with Gasteiger partial charge in [0.05, 0.1) is 6.54 Å². The van der Waals surface area contributed by atoms with Crippen LogP contribution >= 0.6 is 0 Å². The van der Waals surface area contributed by atoms with Crippen molar-refractivity contribution in [2.24, 2.45) is 0 Å². The van der Waals surface area contributed by atoms with Crippen LogP contribution in [0.15, 0.2) is 0 Å². The first-order valence-corrected chi connectivity index (χ1v) is 6.44. The summed E-state index contributed by atoms with van der Waals surface area (Å²) >= 11 is 0. The van der Waals surface area contributed by atoms with Gasteiger partial charge in [0, 0.05) is 26.6 Å². The number of ketones is 1. The van der Waals surface area contributed by atoms with Gasteiger partial charge in [-0.25, -0.2) is 0 Å². The van der Waals surface area contributed by atoms with Crippen LogP contribution in [0.4, 0.5) is 0 Å². The highest BCUT2D eigenvalue weighted by Crippen LogP contribution is 2.19. The summed E-state index contributed by atoms with van der Waals surface area (Å²) in [5.74, 6) is 0.347. The molecule has 0 aromatic heterocycles. The number of likely N-dealkylation sites (tertiary alicyclic amines) is 1. The summed E-state index contributed by atoms with van der Waals surface area (Å²) in [6.07, 6.45) is 5.14. The molecule has 0 aromatic rings. The van der Waals surface area contributed by atoms with E-state index in [4.69, 9.17) is 0 Å². The minimum absolute atomic E-state index is 0.125. The van der Waals surface area contributed by atoms with Crippen molar-refractivity contribution in [1.29, 1.82) is 0 Å². The van der Waals surface area contributed by atoms with E-state index in [-0.39, 0.29) is 17.7 Å². The molecule has 1 aliphatic heterocycles. The molecule has 1 atom stereocenters. The van der Waals surface area contributed by atoms with Gasteiger partial charge in [-0.15, -0.1) is 0 Å². The van der Waals surface area contributed by atoms with Crippen LogP contribution < -0.4 is 0 Å².